The summed E-state index contributed by atoms with van der Waals surface area (Å²) in [6.45, 7) is 6.48. The van der Waals surface area contributed by atoms with Crippen molar-refractivity contribution < 1.29 is 26.4 Å². The van der Waals surface area contributed by atoms with Crippen LogP contribution in [-0.4, -0.2) is 78.7 Å². The quantitative estimate of drug-likeness (QED) is 0.418. The molecule has 36 heavy (non-hydrogen) atoms. The summed E-state index contributed by atoms with van der Waals surface area (Å²) in [6, 6.07) is 8.55. The van der Waals surface area contributed by atoms with E-state index in [1.807, 2.05) is 13.8 Å². The van der Waals surface area contributed by atoms with Crippen molar-refractivity contribution in [2.24, 2.45) is 0 Å². The molecule has 1 fully saturated rings. The number of likely N-dealkylation sites (N-methyl/N-ethyl adjacent to an activating group) is 1. The summed E-state index contributed by atoms with van der Waals surface area (Å²) >= 11 is 0. The van der Waals surface area contributed by atoms with Crippen LogP contribution in [0, 0.1) is 0 Å². The first-order chi connectivity index (χ1) is 17.0. The molecule has 2 aromatic rings. The largest absolute Gasteiger partial charge is 0.416 e. The number of halogens is 3. The van der Waals surface area contributed by atoms with Gasteiger partial charge in [-0.25, -0.2) is 8.42 Å². The number of carbonyl (C=O) groups excluding carboxylic acids is 1. The van der Waals surface area contributed by atoms with Crippen LogP contribution < -0.4 is 0 Å². The normalized spacial score (nSPS) is 16.5. The van der Waals surface area contributed by atoms with Gasteiger partial charge in [-0.3, -0.25) is 9.78 Å². The van der Waals surface area contributed by atoms with Gasteiger partial charge >= 0.3 is 6.18 Å². The van der Waals surface area contributed by atoms with Gasteiger partial charge in [-0.05, 0) is 63.0 Å². The van der Waals surface area contributed by atoms with E-state index < -0.39 is 21.8 Å². The van der Waals surface area contributed by atoms with E-state index in [1.54, 1.807) is 17.0 Å². The number of hydrogen-bond donors (Lipinski definition) is 0. The SMILES string of the molecule is CCN(CCCCN1CCN(S(=O)(=O)c2cccnc2)CC1=O)C(C)Cc1cccc(C(F)(F)F)c1. The molecule has 2 heterocycles. The molecule has 1 atom stereocenters. The average Bonchev–Trinajstić information content (AvgIpc) is 2.85. The predicted octanol–water partition coefficient (Wildman–Crippen LogP) is 3.67. The van der Waals surface area contributed by atoms with Crippen molar-refractivity contribution >= 4 is 15.9 Å². The van der Waals surface area contributed by atoms with E-state index >= 15 is 0 Å². The molecule has 0 saturated carbocycles. The number of sulfonamides is 1. The monoisotopic (exact) mass is 526 g/mol. The molecular weight excluding hydrogens is 493 g/mol. The van der Waals surface area contributed by atoms with Crippen molar-refractivity contribution in [1.82, 2.24) is 19.1 Å². The fraction of sp³-hybridized carbons (Fsp3) is 0.520. The molecule has 1 aromatic heterocycles. The molecule has 0 aliphatic carbocycles. The highest BCUT2D eigenvalue weighted by molar-refractivity contribution is 7.89. The minimum absolute atomic E-state index is 0.0707. The maximum Gasteiger partial charge on any atom is 0.416 e. The summed E-state index contributed by atoms with van der Waals surface area (Å²) in [5.74, 6) is -0.223. The van der Waals surface area contributed by atoms with E-state index in [1.165, 1.54) is 34.9 Å². The van der Waals surface area contributed by atoms with Crippen LogP contribution in [0.1, 0.15) is 37.8 Å². The van der Waals surface area contributed by atoms with Crippen LogP contribution in [0.3, 0.4) is 0 Å². The molecule has 1 amide bonds. The smallest absolute Gasteiger partial charge is 0.340 e. The third-order valence-electron chi connectivity index (χ3n) is 6.49. The number of carbonyl (C=O) groups is 1. The Kier molecular flexibility index (Phi) is 9.48. The molecular formula is C25H33F3N4O3S. The van der Waals surface area contributed by atoms with Crippen molar-refractivity contribution in [3.63, 3.8) is 0 Å². The molecule has 0 N–H and O–H groups in total. The van der Waals surface area contributed by atoms with Gasteiger partial charge in [-0.1, -0.05) is 25.1 Å². The Morgan fingerprint density at radius 1 is 1.14 bits per heavy atom. The lowest BCUT2D eigenvalue weighted by atomic mass is 10.0. The molecule has 0 radical (unpaired) electrons. The highest BCUT2D eigenvalue weighted by atomic mass is 32.2. The third kappa shape index (κ3) is 7.27. The number of aromatic nitrogens is 1. The average molecular weight is 527 g/mol. The van der Waals surface area contributed by atoms with Crippen molar-refractivity contribution in [2.75, 3.05) is 39.3 Å². The first kappa shape index (κ1) is 28.1. The molecule has 198 valence electrons. The van der Waals surface area contributed by atoms with Gasteiger partial charge in [0.05, 0.1) is 12.1 Å². The highest BCUT2D eigenvalue weighted by Gasteiger charge is 2.33. The van der Waals surface area contributed by atoms with Crippen LogP contribution in [0.5, 0.6) is 0 Å². The second-order valence-electron chi connectivity index (χ2n) is 9.00. The fourth-order valence-corrected chi connectivity index (χ4v) is 5.78. The maximum absolute atomic E-state index is 13.0. The van der Waals surface area contributed by atoms with Gasteiger partial charge in [0.25, 0.3) is 0 Å². The van der Waals surface area contributed by atoms with Crippen molar-refractivity contribution in [3.8, 4) is 0 Å². The number of amides is 1. The van der Waals surface area contributed by atoms with Gasteiger partial charge in [0.2, 0.25) is 15.9 Å². The Morgan fingerprint density at radius 2 is 1.92 bits per heavy atom. The Labute approximate surface area is 211 Å². The summed E-state index contributed by atoms with van der Waals surface area (Å²) in [5.41, 5.74) is 0.0220. The van der Waals surface area contributed by atoms with E-state index in [-0.39, 0.29) is 29.9 Å². The highest BCUT2D eigenvalue weighted by Crippen LogP contribution is 2.30. The molecule has 1 aliphatic rings. The van der Waals surface area contributed by atoms with Crippen LogP contribution in [0.15, 0.2) is 53.7 Å². The van der Waals surface area contributed by atoms with Crippen LogP contribution in [0.4, 0.5) is 13.2 Å². The topological polar surface area (TPSA) is 73.8 Å². The summed E-state index contributed by atoms with van der Waals surface area (Å²) in [5, 5.41) is 0. The van der Waals surface area contributed by atoms with Gasteiger partial charge < -0.3 is 9.80 Å². The van der Waals surface area contributed by atoms with Crippen LogP contribution in [0.2, 0.25) is 0 Å². The number of nitrogens with zero attached hydrogens (tertiary/aromatic N) is 4. The second-order valence-corrected chi connectivity index (χ2v) is 10.9. The van der Waals surface area contributed by atoms with Crippen LogP contribution >= 0.6 is 0 Å². The lowest BCUT2D eigenvalue weighted by Gasteiger charge is -2.34. The molecule has 0 spiro atoms. The summed E-state index contributed by atoms with van der Waals surface area (Å²) < 4.78 is 65.6. The van der Waals surface area contributed by atoms with Gasteiger partial charge in [-0.15, -0.1) is 0 Å². The minimum Gasteiger partial charge on any atom is -0.340 e. The van der Waals surface area contributed by atoms with Gasteiger partial charge in [0, 0.05) is 38.1 Å². The Hall–Kier alpha value is -2.50. The number of hydrogen-bond acceptors (Lipinski definition) is 5. The van der Waals surface area contributed by atoms with Crippen molar-refractivity contribution in [2.45, 2.75) is 50.2 Å². The Bertz CT molecular complexity index is 1110. The molecule has 3 rings (SSSR count). The lowest BCUT2D eigenvalue weighted by molar-refractivity contribution is -0.137. The number of alkyl halides is 3. The van der Waals surface area contributed by atoms with E-state index in [0.717, 1.165) is 32.0 Å². The standard InChI is InChI=1S/C25H33F3N4O3S/c1-3-30(20(2)16-21-8-6-9-22(17-21)25(26,27)28)12-4-5-13-31-14-15-32(19-24(31)33)36(34,35)23-10-7-11-29-18-23/h6-11,17-18,20H,3-5,12-16,19H2,1-2H3. The number of piperazine rings is 1. The third-order valence-corrected chi connectivity index (χ3v) is 8.32. The number of unbranched alkanes of at least 4 members (excludes halogenated alkanes) is 1. The Balaban J connectivity index is 1.44. The molecule has 11 heteroatoms. The molecule has 1 aromatic carbocycles. The van der Waals surface area contributed by atoms with Gasteiger partial charge in [-0.2, -0.15) is 17.5 Å². The molecule has 7 nitrogen and oxygen atoms in total. The summed E-state index contributed by atoms with van der Waals surface area (Å²) in [4.78, 5) is 20.4. The van der Waals surface area contributed by atoms with E-state index in [9.17, 15) is 26.4 Å². The van der Waals surface area contributed by atoms with Crippen molar-refractivity contribution in [1.29, 1.82) is 0 Å². The zero-order valence-electron chi connectivity index (χ0n) is 20.6. The molecule has 1 saturated heterocycles. The molecule has 1 unspecified atom stereocenters. The lowest BCUT2D eigenvalue weighted by Crippen LogP contribution is -2.52. The molecule has 0 bridgehead atoms. The van der Waals surface area contributed by atoms with Gasteiger partial charge in [0.15, 0.2) is 0 Å². The van der Waals surface area contributed by atoms with Gasteiger partial charge in [0.1, 0.15) is 4.90 Å². The van der Waals surface area contributed by atoms with E-state index in [0.29, 0.717) is 25.1 Å². The summed E-state index contributed by atoms with van der Waals surface area (Å²) in [6.07, 6.45) is 0.517. The van der Waals surface area contributed by atoms with Crippen LogP contribution in [0.25, 0.3) is 0 Å². The first-order valence-corrected chi connectivity index (χ1v) is 13.5. The number of benzene rings is 1. The van der Waals surface area contributed by atoms with E-state index in [4.69, 9.17) is 0 Å². The zero-order chi connectivity index (χ0) is 26.3. The zero-order valence-corrected chi connectivity index (χ0v) is 21.4. The van der Waals surface area contributed by atoms with Crippen molar-refractivity contribution in [3.05, 3.63) is 59.9 Å². The summed E-state index contributed by atoms with van der Waals surface area (Å²) in [7, 11) is -3.75. The minimum atomic E-state index is -4.35. The molecule has 1 aliphatic heterocycles. The fourth-order valence-electron chi connectivity index (χ4n) is 4.43. The Morgan fingerprint density at radius 3 is 2.56 bits per heavy atom. The number of rotatable bonds is 11. The maximum atomic E-state index is 13.0. The number of pyridine rings is 1. The second kappa shape index (κ2) is 12.2. The predicted molar refractivity (Wildman–Crippen MR) is 131 cm³/mol. The van der Waals surface area contributed by atoms with E-state index in [2.05, 4.69) is 9.88 Å². The van der Waals surface area contributed by atoms with Crippen LogP contribution in [-0.2, 0) is 27.4 Å². The first-order valence-electron chi connectivity index (χ1n) is 12.1.